The molecule has 1 fully saturated rings. The van der Waals surface area contributed by atoms with E-state index in [0.717, 1.165) is 0 Å². The molecule has 0 atom stereocenters. The first-order valence-corrected chi connectivity index (χ1v) is 5.34. The normalized spacial score (nSPS) is 16.5. The van der Waals surface area contributed by atoms with Crippen molar-refractivity contribution in [1.82, 2.24) is 10.2 Å². The van der Waals surface area contributed by atoms with Gasteiger partial charge in [0.15, 0.2) is 0 Å². The zero-order chi connectivity index (χ0) is 14.8. The average Bonchev–Trinajstić information content (AvgIpc) is 2.24. The number of ether oxygens (including phenoxy) is 1. The standard InChI is InChI=1S/C10H13N3O6/c1-13(2,3)4-5-19-10(18)12-8(16)6(14)7(15)11-9(12)17/h4-5H2,1-3H3/p+1. The predicted molar refractivity (Wildman–Crippen MR) is 59.6 cm³/mol. The van der Waals surface area contributed by atoms with Gasteiger partial charge in [-0.25, -0.2) is 9.59 Å². The molecule has 9 nitrogen and oxygen atoms in total. The van der Waals surface area contributed by atoms with Crippen LogP contribution in [0, 0.1) is 0 Å². The molecule has 104 valence electrons. The number of hydrogen-bond donors (Lipinski definition) is 1. The van der Waals surface area contributed by atoms with Gasteiger partial charge in [-0.2, -0.15) is 4.90 Å². The molecule has 1 N–H and O–H groups in total. The van der Waals surface area contributed by atoms with Gasteiger partial charge in [0.05, 0.1) is 21.1 Å². The Labute approximate surface area is 108 Å². The summed E-state index contributed by atoms with van der Waals surface area (Å²) in [6.07, 6.45) is -1.28. The molecule has 19 heavy (non-hydrogen) atoms. The number of nitrogens with zero attached hydrogens (tertiary/aromatic N) is 2. The van der Waals surface area contributed by atoms with Crippen LogP contribution in [0.15, 0.2) is 0 Å². The van der Waals surface area contributed by atoms with Crippen LogP contribution in [-0.2, 0) is 19.1 Å². The highest BCUT2D eigenvalue weighted by Crippen LogP contribution is 2.03. The van der Waals surface area contributed by atoms with E-state index in [1.807, 2.05) is 21.1 Å². The van der Waals surface area contributed by atoms with E-state index in [4.69, 9.17) is 4.74 Å². The predicted octanol–water partition coefficient (Wildman–Crippen LogP) is -1.52. The fourth-order valence-electron chi connectivity index (χ4n) is 1.14. The lowest BCUT2D eigenvalue weighted by atomic mass is 10.3. The van der Waals surface area contributed by atoms with Crippen LogP contribution in [0.2, 0.25) is 0 Å². The summed E-state index contributed by atoms with van der Waals surface area (Å²) in [5, 5.41) is 1.57. The number of carbonyl (C=O) groups excluding carboxylic acids is 5. The smallest absolute Gasteiger partial charge is 0.425 e. The van der Waals surface area contributed by atoms with Crippen LogP contribution in [0.3, 0.4) is 0 Å². The lowest BCUT2D eigenvalue weighted by Crippen LogP contribution is -2.60. The number of imide groups is 4. The molecular weight excluding hydrogens is 258 g/mol. The van der Waals surface area contributed by atoms with Crippen molar-refractivity contribution in [3.05, 3.63) is 0 Å². The molecule has 0 aliphatic carbocycles. The number of carbonyl (C=O) groups is 5. The highest BCUT2D eigenvalue weighted by molar-refractivity contribution is 6.67. The van der Waals surface area contributed by atoms with E-state index in [1.54, 1.807) is 5.32 Å². The summed E-state index contributed by atoms with van der Waals surface area (Å²) >= 11 is 0. The first kappa shape index (κ1) is 14.8. The Kier molecular flexibility index (Phi) is 4.00. The van der Waals surface area contributed by atoms with Crippen molar-refractivity contribution in [3.8, 4) is 0 Å². The SMILES string of the molecule is C[N+](C)(C)CCOC(=O)N1C(=O)NC(=O)C(=O)C1=O. The first-order valence-electron chi connectivity index (χ1n) is 5.34. The van der Waals surface area contributed by atoms with Gasteiger partial charge in [-0.1, -0.05) is 0 Å². The number of hydrogen-bond acceptors (Lipinski definition) is 6. The second-order valence-electron chi connectivity index (χ2n) is 4.86. The molecule has 0 aromatic rings. The number of amides is 5. The largest absolute Gasteiger partial charge is 0.443 e. The van der Waals surface area contributed by atoms with Crippen molar-refractivity contribution in [2.45, 2.75) is 0 Å². The third-order valence-corrected chi connectivity index (χ3v) is 2.20. The van der Waals surface area contributed by atoms with Gasteiger partial charge in [-0.3, -0.25) is 19.7 Å². The monoisotopic (exact) mass is 272 g/mol. The summed E-state index contributed by atoms with van der Waals surface area (Å²) in [5.41, 5.74) is 0. The molecule has 0 spiro atoms. The summed E-state index contributed by atoms with van der Waals surface area (Å²) < 4.78 is 5.21. The van der Waals surface area contributed by atoms with Gasteiger partial charge < -0.3 is 9.22 Å². The highest BCUT2D eigenvalue weighted by Gasteiger charge is 2.43. The molecule has 0 bridgehead atoms. The van der Waals surface area contributed by atoms with E-state index in [2.05, 4.69) is 0 Å². The number of ketones is 1. The Balaban J connectivity index is 2.66. The van der Waals surface area contributed by atoms with Crippen molar-refractivity contribution in [2.24, 2.45) is 0 Å². The lowest BCUT2D eigenvalue weighted by molar-refractivity contribution is -0.870. The van der Waals surface area contributed by atoms with Crippen LogP contribution in [0.4, 0.5) is 9.59 Å². The zero-order valence-electron chi connectivity index (χ0n) is 10.8. The summed E-state index contributed by atoms with van der Waals surface area (Å²) in [7, 11) is 5.57. The van der Waals surface area contributed by atoms with Crippen LogP contribution in [-0.4, -0.2) is 73.4 Å². The maximum Gasteiger partial charge on any atom is 0.425 e. The second-order valence-corrected chi connectivity index (χ2v) is 4.86. The topological polar surface area (TPSA) is 110 Å². The van der Waals surface area contributed by atoms with Crippen molar-refractivity contribution in [2.75, 3.05) is 34.3 Å². The van der Waals surface area contributed by atoms with Gasteiger partial charge in [-0.05, 0) is 0 Å². The van der Waals surface area contributed by atoms with Crippen molar-refractivity contribution in [3.63, 3.8) is 0 Å². The van der Waals surface area contributed by atoms with Gasteiger partial charge in [0.2, 0.25) is 0 Å². The zero-order valence-corrected chi connectivity index (χ0v) is 10.8. The quantitative estimate of drug-likeness (QED) is 0.493. The highest BCUT2D eigenvalue weighted by atomic mass is 16.6. The summed E-state index contributed by atoms with van der Waals surface area (Å²) in [6.45, 7) is 0.407. The molecule has 1 aliphatic rings. The van der Waals surface area contributed by atoms with Crippen LogP contribution >= 0.6 is 0 Å². The minimum absolute atomic E-state index is 0.0284. The van der Waals surface area contributed by atoms with E-state index in [-0.39, 0.29) is 11.5 Å². The molecule has 0 aromatic carbocycles. The number of likely N-dealkylation sites (N-methyl/N-ethyl adjacent to an activating group) is 1. The van der Waals surface area contributed by atoms with E-state index in [0.29, 0.717) is 11.0 Å². The van der Waals surface area contributed by atoms with Crippen molar-refractivity contribution < 1.29 is 33.2 Å². The molecule has 0 radical (unpaired) electrons. The van der Waals surface area contributed by atoms with E-state index >= 15 is 0 Å². The Morgan fingerprint density at radius 2 is 1.79 bits per heavy atom. The molecule has 1 rings (SSSR count). The Morgan fingerprint density at radius 3 is 2.32 bits per heavy atom. The number of urea groups is 1. The number of barbiturate groups is 1. The second kappa shape index (κ2) is 5.14. The van der Waals surface area contributed by atoms with E-state index in [1.165, 1.54) is 0 Å². The molecular formula is C10H14N3O6+. The third-order valence-electron chi connectivity index (χ3n) is 2.20. The minimum Gasteiger partial charge on any atom is -0.443 e. The van der Waals surface area contributed by atoms with Crippen LogP contribution in [0.5, 0.6) is 0 Å². The van der Waals surface area contributed by atoms with E-state index < -0.39 is 29.7 Å². The maximum absolute atomic E-state index is 11.5. The average molecular weight is 272 g/mol. The molecule has 0 unspecified atom stereocenters. The number of nitrogens with one attached hydrogen (secondary N) is 1. The number of quaternary nitrogens is 1. The fourth-order valence-corrected chi connectivity index (χ4v) is 1.14. The first-order chi connectivity index (χ1) is 8.63. The molecule has 1 aliphatic heterocycles. The Bertz CT molecular complexity index is 464. The van der Waals surface area contributed by atoms with Crippen LogP contribution in [0.1, 0.15) is 0 Å². The minimum atomic E-state index is -1.51. The molecule has 9 heteroatoms. The van der Waals surface area contributed by atoms with Gasteiger partial charge in [0, 0.05) is 0 Å². The molecule has 0 aromatic heterocycles. The summed E-state index contributed by atoms with van der Waals surface area (Å²) in [4.78, 5) is 56.0. The van der Waals surface area contributed by atoms with Gasteiger partial charge in [0.1, 0.15) is 13.2 Å². The van der Waals surface area contributed by atoms with Crippen LogP contribution in [0.25, 0.3) is 0 Å². The van der Waals surface area contributed by atoms with Gasteiger partial charge in [0.25, 0.3) is 0 Å². The number of Topliss-reactive ketones (excluding diaryl/α,β-unsaturated/α-hetero) is 1. The fraction of sp³-hybridized carbons (Fsp3) is 0.500. The summed E-state index contributed by atoms with van der Waals surface area (Å²) in [6, 6.07) is -1.29. The third kappa shape index (κ3) is 3.58. The van der Waals surface area contributed by atoms with Gasteiger partial charge >= 0.3 is 29.7 Å². The maximum atomic E-state index is 11.5. The molecule has 1 saturated heterocycles. The molecule has 1 heterocycles. The molecule has 0 saturated carbocycles. The number of rotatable bonds is 3. The summed E-state index contributed by atoms with van der Waals surface area (Å²) in [5.74, 6) is -4.35. The Morgan fingerprint density at radius 1 is 1.21 bits per heavy atom. The van der Waals surface area contributed by atoms with Crippen LogP contribution < -0.4 is 5.32 Å². The van der Waals surface area contributed by atoms with Gasteiger partial charge in [-0.15, -0.1) is 0 Å². The Hall–Kier alpha value is -2.29. The van der Waals surface area contributed by atoms with E-state index in [9.17, 15) is 24.0 Å². The molecule has 5 amide bonds. The van der Waals surface area contributed by atoms with Crippen molar-refractivity contribution >= 4 is 29.7 Å². The van der Waals surface area contributed by atoms with Crippen molar-refractivity contribution in [1.29, 1.82) is 0 Å². The lowest BCUT2D eigenvalue weighted by Gasteiger charge is -2.25.